The van der Waals surface area contributed by atoms with Crippen LogP contribution in [0.3, 0.4) is 0 Å². The van der Waals surface area contributed by atoms with E-state index >= 15 is 0 Å². The van der Waals surface area contributed by atoms with E-state index in [0.717, 1.165) is 0 Å². The Balaban J connectivity index is 0. The molecule has 1 aromatic carbocycles. The summed E-state index contributed by atoms with van der Waals surface area (Å²) in [7, 11) is 0. The molecule has 0 bridgehead atoms. The van der Waals surface area contributed by atoms with Crippen molar-refractivity contribution in [2.75, 3.05) is 13.2 Å². The molecule has 0 fully saturated rings. The summed E-state index contributed by atoms with van der Waals surface area (Å²) in [5.74, 6) is -0.302. The molecule has 0 saturated heterocycles. The molecule has 0 saturated carbocycles. The average molecular weight is 218 g/mol. The molecule has 0 unspecified atom stereocenters. The minimum absolute atomic E-state index is 0. The maximum Gasteiger partial charge on any atom is 1.00 e. The summed E-state index contributed by atoms with van der Waals surface area (Å²) in [6.07, 6.45) is 1.37. The van der Waals surface area contributed by atoms with Gasteiger partial charge < -0.3 is 11.3 Å². The van der Waals surface area contributed by atoms with Crippen molar-refractivity contribution in [2.45, 2.75) is 12.8 Å². The Bertz CT molecular complexity index is 280. The Morgan fingerprint density at radius 1 is 1.27 bits per heavy atom. The number of rotatable bonds is 5. The van der Waals surface area contributed by atoms with E-state index < -0.39 is 0 Å². The van der Waals surface area contributed by atoms with Gasteiger partial charge in [0, 0.05) is 6.61 Å². The molecule has 1 aromatic rings. The number of aliphatic hydroxyl groups excluding tert-OH is 1. The van der Waals surface area contributed by atoms with Crippen LogP contribution in [0, 0.1) is 0 Å². The van der Waals surface area contributed by atoms with E-state index in [-0.39, 0.29) is 43.6 Å². The van der Waals surface area contributed by atoms with Gasteiger partial charge in [-0.1, -0.05) is 18.2 Å². The molecule has 0 amide bonds. The summed E-state index contributed by atoms with van der Waals surface area (Å²) in [6.45, 7) is 0.511. The Morgan fingerprint density at radius 2 is 1.93 bits per heavy atom. The predicted molar refractivity (Wildman–Crippen MR) is 54.2 cm³/mol. The maximum absolute atomic E-state index is 11.3. The van der Waals surface area contributed by atoms with Crippen LogP contribution in [-0.2, 0) is 4.74 Å². The van der Waals surface area contributed by atoms with Crippen LogP contribution in [0.15, 0.2) is 30.3 Å². The second-order valence-corrected chi connectivity index (χ2v) is 2.93. The number of hydrogen-bond acceptors (Lipinski definition) is 3. The van der Waals surface area contributed by atoms with Crippen molar-refractivity contribution >= 4 is 5.97 Å². The number of hydrogen-bond donors (Lipinski definition) is 1. The summed E-state index contributed by atoms with van der Waals surface area (Å²) in [5, 5.41) is 8.51. The Kier molecular flexibility index (Phi) is 8.71. The quantitative estimate of drug-likeness (QED) is 0.381. The summed E-state index contributed by atoms with van der Waals surface area (Å²) >= 11 is 0. The molecular formula is C11H15NaO3. The number of aliphatic hydroxyl groups is 1. The second kappa shape index (κ2) is 8.92. The summed E-state index contributed by atoms with van der Waals surface area (Å²) in [4.78, 5) is 11.3. The minimum Gasteiger partial charge on any atom is -1.00 e. The van der Waals surface area contributed by atoms with Crippen LogP contribution in [0.5, 0.6) is 0 Å². The molecule has 0 spiro atoms. The van der Waals surface area contributed by atoms with Crippen LogP contribution in [0.2, 0.25) is 0 Å². The average Bonchev–Trinajstić information content (AvgIpc) is 2.25. The number of unbranched alkanes of at least 4 members (excludes halogenated alkanes) is 1. The van der Waals surface area contributed by atoms with Crippen molar-refractivity contribution in [3.05, 3.63) is 35.9 Å². The van der Waals surface area contributed by atoms with Crippen LogP contribution in [0.1, 0.15) is 24.6 Å². The van der Waals surface area contributed by atoms with Crippen LogP contribution < -0.4 is 29.6 Å². The second-order valence-electron chi connectivity index (χ2n) is 2.93. The van der Waals surface area contributed by atoms with Crippen LogP contribution in [0.4, 0.5) is 0 Å². The molecule has 0 aliphatic carbocycles. The molecule has 1 rings (SSSR count). The maximum atomic E-state index is 11.3. The fraction of sp³-hybridized carbons (Fsp3) is 0.364. The predicted octanol–water partition coefficient (Wildman–Crippen LogP) is -1.27. The van der Waals surface area contributed by atoms with Crippen molar-refractivity contribution in [2.24, 2.45) is 0 Å². The van der Waals surface area contributed by atoms with Crippen molar-refractivity contribution in [1.29, 1.82) is 0 Å². The van der Waals surface area contributed by atoms with Gasteiger partial charge in [0.1, 0.15) is 0 Å². The first-order valence-electron chi connectivity index (χ1n) is 4.67. The number of esters is 1. The van der Waals surface area contributed by atoms with Crippen LogP contribution in [-0.4, -0.2) is 24.3 Å². The van der Waals surface area contributed by atoms with Crippen LogP contribution >= 0.6 is 0 Å². The smallest absolute Gasteiger partial charge is 1.00 e. The van der Waals surface area contributed by atoms with E-state index in [0.29, 0.717) is 25.0 Å². The Hall–Kier alpha value is -0.350. The zero-order valence-corrected chi connectivity index (χ0v) is 11.0. The fourth-order valence-electron chi connectivity index (χ4n) is 1.04. The van der Waals surface area contributed by atoms with Crippen molar-refractivity contribution in [3.8, 4) is 0 Å². The fourth-order valence-corrected chi connectivity index (χ4v) is 1.04. The van der Waals surface area contributed by atoms with Crippen LogP contribution in [0.25, 0.3) is 0 Å². The summed E-state index contributed by atoms with van der Waals surface area (Å²) in [6, 6.07) is 8.87. The van der Waals surface area contributed by atoms with Gasteiger partial charge in [0.15, 0.2) is 0 Å². The number of carbonyl (C=O) groups is 1. The van der Waals surface area contributed by atoms with Gasteiger partial charge in [0.25, 0.3) is 0 Å². The van der Waals surface area contributed by atoms with Crippen molar-refractivity contribution in [3.63, 3.8) is 0 Å². The van der Waals surface area contributed by atoms with Gasteiger partial charge in [0.05, 0.1) is 12.2 Å². The number of benzene rings is 1. The first-order valence-corrected chi connectivity index (χ1v) is 4.67. The van der Waals surface area contributed by atoms with E-state index in [1.165, 1.54) is 0 Å². The molecule has 3 nitrogen and oxygen atoms in total. The van der Waals surface area contributed by atoms with Gasteiger partial charge in [-0.15, -0.1) is 0 Å². The first kappa shape index (κ1) is 14.6. The third-order valence-corrected chi connectivity index (χ3v) is 1.80. The van der Waals surface area contributed by atoms with Gasteiger partial charge >= 0.3 is 35.5 Å². The molecular weight excluding hydrogens is 203 g/mol. The molecule has 78 valence electrons. The first-order chi connectivity index (χ1) is 6.84. The topological polar surface area (TPSA) is 46.5 Å². The molecule has 0 atom stereocenters. The third-order valence-electron chi connectivity index (χ3n) is 1.80. The molecule has 4 heteroatoms. The van der Waals surface area contributed by atoms with E-state index in [4.69, 9.17) is 9.84 Å². The van der Waals surface area contributed by atoms with Gasteiger partial charge in [-0.2, -0.15) is 0 Å². The van der Waals surface area contributed by atoms with Gasteiger partial charge in [-0.3, -0.25) is 0 Å². The minimum atomic E-state index is -0.302. The van der Waals surface area contributed by atoms with E-state index in [2.05, 4.69) is 0 Å². The zero-order valence-electron chi connectivity index (χ0n) is 9.98. The monoisotopic (exact) mass is 218 g/mol. The van der Waals surface area contributed by atoms with Gasteiger partial charge in [0.2, 0.25) is 0 Å². The van der Waals surface area contributed by atoms with E-state index in [9.17, 15) is 4.79 Å². The van der Waals surface area contributed by atoms with E-state index in [1.807, 2.05) is 6.07 Å². The van der Waals surface area contributed by atoms with Crippen molar-refractivity contribution in [1.82, 2.24) is 0 Å². The largest absolute Gasteiger partial charge is 1.00 e. The van der Waals surface area contributed by atoms with E-state index in [1.54, 1.807) is 24.3 Å². The van der Waals surface area contributed by atoms with Gasteiger partial charge in [-0.05, 0) is 25.0 Å². The molecule has 1 N–H and O–H groups in total. The summed E-state index contributed by atoms with van der Waals surface area (Å²) < 4.78 is 4.98. The molecule has 0 radical (unpaired) electrons. The summed E-state index contributed by atoms with van der Waals surface area (Å²) in [5.41, 5.74) is 0.566. The Morgan fingerprint density at radius 3 is 2.53 bits per heavy atom. The molecule has 15 heavy (non-hydrogen) atoms. The molecule has 0 heterocycles. The molecule has 0 aliphatic rings. The SMILES string of the molecule is O=C(OCCCCO)c1ccccc1.[H-].[Na+]. The van der Waals surface area contributed by atoms with Crippen molar-refractivity contribution < 1.29 is 45.6 Å². The zero-order chi connectivity index (χ0) is 10.2. The normalized spacial score (nSPS) is 9.13. The standard InChI is InChI=1S/C11H14O3.Na.H/c12-8-4-5-9-14-11(13)10-6-2-1-3-7-10;;/h1-3,6-7,12H,4-5,8-9H2;;/q;+1;-1. The number of ether oxygens (including phenoxy) is 1. The Labute approximate surface area is 113 Å². The number of carbonyl (C=O) groups excluding carboxylic acids is 1. The molecule has 0 aliphatic heterocycles. The molecule has 0 aromatic heterocycles. The third kappa shape index (κ3) is 5.95. The van der Waals surface area contributed by atoms with Gasteiger partial charge in [-0.25, -0.2) is 4.79 Å².